The Bertz CT molecular complexity index is 743. The fraction of sp³-hybridized carbons (Fsp3) is 0. The summed E-state index contributed by atoms with van der Waals surface area (Å²) >= 11 is 5.21. The summed E-state index contributed by atoms with van der Waals surface area (Å²) in [5.41, 5.74) is 7.54. The molecular formula is C15H11BrN2S. The maximum absolute atomic E-state index is 5.96. The minimum atomic E-state index is 0.717. The van der Waals surface area contributed by atoms with Crippen LogP contribution in [0.15, 0.2) is 69.0 Å². The summed E-state index contributed by atoms with van der Waals surface area (Å²) in [6.45, 7) is 0. The standard InChI is InChI=1S/C15H11BrN2S/c16-10-3-1-4-11(9-10)19-14-7-8-18-15-12(14)5-2-6-13(15)17/h1-9H,17H2. The first-order valence-corrected chi connectivity index (χ1v) is 7.41. The van der Waals surface area contributed by atoms with Gasteiger partial charge in [-0.2, -0.15) is 0 Å². The molecule has 0 fully saturated rings. The zero-order valence-corrected chi connectivity index (χ0v) is 12.4. The first kappa shape index (κ1) is 12.5. The van der Waals surface area contributed by atoms with Crippen LogP contribution >= 0.6 is 27.7 Å². The molecule has 0 amide bonds. The molecule has 0 radical (unpaired) electrons. The lowest BCUT2D eigenvalue weighted by atomic mass is 10.2. The van der Waals surface area contributed by atoms with Crippen molar-refractivity contribution in [3.05, 3.63) is 59.2 Å². The summed E-state index contributed by atoms with van der Waals surface area (Å²) in [6, 6.07) is 16.2. The maximum atomic E-state index is 5.96. The third-order valence-corrected chi connectivity index (χ3v) is 4.34. The maximum Gasteiger partial charge on any atom is 0.0942 e. The number of nitrogens with two attached hydrogens (primary N) is 1. The molecule has 2 aromatic carbocycles. The Labute approximate surface area is 124 Å². The molecule has 3 aromatic rings. The zero-order chi connectivity index (χ0) is 13.2. The minimum absolute atomic E-state index is 0.717. The van der Waals surface area contributed by atoms with Gasteiger partial charge in [-0.15, -0.1) is 0 Å². The number of aromatic nitrogens is 1. The third kappa shape index (κ3) is 2.60. The Morgan fingerprint density at radius 3 is 2.74 bits per heavy atom. The van der Waals surface area contributed by atoms with Gasteiger partial charge in [0.1, 0.15) is 0 Å². The van der Waals surface area contributed by atoms with Gasteiger partial charge in [-0.1, -0.05) is 45.9 Å². The number of pyridine rings is 1. The summed E-state index contributed by atoms with van der Waals surface area (Å²) in [5.74, 6) is 0. The van der Waals surface area contributed by atoms with Gasteiger partial charge in [-0.3, -0.25) is 4.98 Å². The molecule has 3 rings (SSSR count). The number of nitrogens with zero attached hydrogens (tertiary/aromatic N) is 1. The molecule has 0 atom stereocenters. The van der Waals surface area contributed by atoms with Gasteiger partial charge in [0.25, 0.3) is 0 Å². The number of para-hydroxylation sites is 1. The Hall–Kier alpha value is -1.52. The highest BCUT2D eigenvalue weighted by Crippen LogP contribution is 2.34. The van der Waals surface area contributed by atoms with Crippen molar-refractivity contribution in [2.75, 3.05) is 5.73 Å². The number of benzene rings is 2. The highest BCUT2D eigenvalue weighted by molar-refractivity contribution is 9.10. The van der Waals surface area contributed by atoms with Gasteiger partial charge in [0.05, 0.1) is 11.2 Å². The second kappa shape index (κ2) is 5.23. The molecule has 0 spiro atoms. The van der Waals surface area contributed by atoms with E-state index in [1.165, 1.54) is 4.90 Å². The molecule has 19 heavy (non-hydrogen) atoms. The van der Waals surface area contributed by atoms with Crippen molar-refractivity contribution in [2.24, 2.45) is 0 Å². The van der Waals surface area contributed by atoms with E-state index in [4.69, 9.17) is 5.73 Å². The molecule has 0 bridgehead atoms. The fourth-order valence-corrected chi connectivity index (χ4v) is 3.46. The number of anilines is 1. The van der Waals surface area contributed by atoms with E-state index < -0.39 is 0 Å². The fourth-order valence-electron chi connectivity index (χ4n) is 1.92. The molecular weight excluding hydrogens is 320 g/mol. The molecule has 4 heteroatoms. The van der Waals surface area contributed by atoms with Gasteiger partial charge in [-0.05, 0) is 30.3 Å². The van der Waals surface area contributed by atoms with Gasteiger partial charge in [0.2, 0.25) is 0 Å². The predicted molar refractivity (Wildman–Crippen MR) is 84.4 cm³/mol. The highest BCUT2D eigenvalue weighted by Gasteiger charge is 2.06. The summed E-state index contributed by atoms with van der Waals surface area (Å²) in [7, 11) is 0. The number of hydrogen-bond acceptors (Lipinski definition) is 3. The smallest absolute Gasteiger partial charge is 0.0942 e. The first-order valence-electron chi connectivity index (χ1n) is 5.81. The Kier molecular flexibility index (Phi) is 3.44. The molecule has 2 nitrogen and oxygen atoms in total. The van der Waals surface area contributed by atoms with Crippen LogP contribution in [-0.2, 0) is 0 Å². The van der Waals surface area contributed by atoms with E-state index in [1.807, 2.05) is 30.3 Å². The van der Waals surface area contributed by atoms with Crippen LogP contribution in [0.4, 0.5) is 5.69 Å². The number of fused-ring (bicyclic) bond motifs is 1. The van der Waals surface area contributed by atoms with Crippen LogP contribution in [0.3, 0.4) is 0 Å². The third-order valence-electron chi connectivity index (χ3n) is 2.79. The van der Waals surface area contributed by atoms with E-state index in [1.54, 1.807) is 18.0 Å². The van der Waals surface area contributed by atoms with Crippen LogP contribution < -0.4 is 5.73 Å². The first-order chi connectivity index (χ1) is 9.24. The number of nitrogen functional groups attached to an aromatic ring is 1. The largest absolute Gasteiger partial charge is 0.397 e. The lowest BCUT2D eigenvalue weighted by Gasteiger charge is -2.07. The van der Waals surface area contributed by atoms with Crippen molar-refractivity contribution in [1.82, 2.24) is 4.98 Å². The van der Waals surface area contributed by atoms with Crippen molar-refractivity contribution in [3.63, 3.8) is 0 Å². The summed E-state index contributed by atoms with van der Waals surface area (Å²) < 4.78 is 1.08. The van der Waals surface area contributed by atoms with Crippen LogP contribution in [0.2, 0.25) is 0 Å². The van der Waals surface area contributed by atoms with Crippen LogP contribution in [-0.4, -0.2) is 4.98 Å². The van der Waals surface area contributed by atoms with Crippen LogP contribution in [0.5, 0.6) is 0 Å². The molecule has 1 aromatic heterocycles. The monoisotopic (exact) mass is 330 g/mol. The lowest BCUT2D eigenvalue weighted by Crippen LogP contribution is -1.90. The number of hydrogen-bond donors (Lipinski definition) is 1. The van der Waals surface area contributed by atoms with Gasteiger partial charge in [0.15, 0.2) is 0 Å². The minimum Gasteiger partial charge on any atom is -0.397 e. The van der Waals surface area contributed by atoms with E-state index in [2.05, 4.69) is 39.1 Å². The molecule has 0 aliphatic carbocycles. The normalized spacial score (nSPS) is 10.8. The zero-order valence-electron chi connectivity index (χ0n) is 10.0. The molecule has 0 unspecified atom stereocenters. The quantitative estimate of drug-likeness (QED) is 0.690. The van der Waals surface area contributed by atoms with Crippen molar-refractivity contribution in [3.8, 4) is 0 Å². The topological polar surface area (TPSA) is 38.9 Å². The molecule has 2 N–H and O–H groups in total. The van der Waals surface area contributed by atoms with Crippen molar-refractivity contribution in [2.45, 2.75) is 9.79 Å². The van der Waals surface area contributed by atoms with E-state index in [0.29, 0.717) is 5.69 Å². The average Bonchev–Trinajstić information content (AvgIpc) is 2.40. The van der Waals surface area contributed by atoms with Crippen molar-refractivity contribution >= 4 is 44.3 Å². The molecule has 0 aliphatic heterocycles. The average molecular weight is 331 g/mol. The van der Waals surface area contributed by atoms with E-state index in [0.717, 1.165) is 20.3 Å². The molecule has 1 heterocycles. The highest BCUT2D eigenvalue weighted by atomic mass is 79.9. The van der Waals surface area contributed by atoms with Crippen molar-refractivity contribution < 1.29 is 0 Å². The summed E-state index contributed by atoms with van der Waals surface area (Å²) in [5, 5.41) is 1.09. The second-order valence-electron chi connectivity index (χ2n) is 4.11. The van der Waals surface area contributed by atoms with E-state index in [-0.39, 0.29) is 0 Å². The van der Waals surface area contributed by atoms with E-state index >= 15 is 0 Å². The second-order valence-corrected chi connectivity index (χ2v) is 6.14. The van der Waals surface area contributed by atoms with Crippen molar-refractivity contribution in [1.29, 1.82) is 0 Å². The number of rotatable bonds is 2. The SMILES string of the molecule is Nc1cccc2c(Sc3cccc(Br)c3)ccnc12. The molecule has 0 saturated carbocycles. The number of halogens is 1. The van der Waals surface area contributed by atoms with Gasteiger partial charge >= 0.3 is 0 Å². The molecule has 0 saturated heterocycles. The molecule has 94 valence electrons. The van der Waals surface area contributed by atoms with E-state index in [9.17, 15) is 0 Å². The summed E-state index contributed by atoms with van der Waals surface area (Å²) in [6.07, 6.45) is 1.80. The van der Waals surface area contributed by atoms with Gasteiger partial charge < -0.3 is 5.73 Å². The van der Waals surface area contributed by atoms with Crippen LogP contribution in [0.1, 0.15) is 0 Å². The van der Waals surface area contributed by atoms with Crippen LogP contribution in [0, 0.1) is 0 Å². The van der Waals surface area contributed by atoms with Gasteiger partial charge in [0, 0.05) is 25.8 Å². The molecule has 0 aliphatic rings. The summed E-state index contributed by atoms with van der Waals surface area (Å²) in [4.78, 5) is 6.70. The Balaban J connectivity index is 2.08. The van der Waals surface area contributed by atoms with Crippen LogP contribution in [0.25, 0.3) is 10.9 Å². The Morgan fingerprint density at radius 2 is 1.89 bits per heavy atom. The Morgan fingerprint density at radius 1 is 1.05 bits per heavy atom. The predicted octanol–water partition coefficient (Wildman–Crippen LogP) is 4.73. The lowest BCUT2D eigenvalue weighted by molar-refractivity contribution is 1.34. The van der Waals surface area contributed by atoms with Gasteiger partial charge in [-0.25, -0.2) is 0 Å².